The Bertz CT molecular complexity index is 672. The first-order valence-electron chi connectivity index (χ1n) is 7.90. The average Bonchev–Trinajstić information content (AvgIpc) is 3.22. The highest BCUT2D eigenvalue weighted by atomic mass is 15.2. The van der Waals surface area contributed by atoms with Crippen molar-refractivity contribution in [3.63, 3.8) is 0 Å². The Hall–Kier alpha value is -2.14. The highest BCUT2D eigenvalue weighted by Crippen LogP contribution is 2.54. The van der Waals surface area contributed by atoms with Crippen LogP contribution in [0.4, 0.5) is 11.8 Å². The molecule has 1 aromatic carbocycles. The number of benzene rings is 1. The van der Waals surface area contributed by atoms with E-state index in [2.05, 4.69) is 51.3 Å². The maximum absolute atomic E-state index is 5.99. The molecule has 4 N–H and O–H groups in total. The van der Waals surface area contributed by atoms with Crippen LogP contribution >= 0.6 is 0 Å². The minimum absolute atomic E-state index is 0.234. The van der Waals surface area contributed by atoms with E-state index in [1.54, 1.807) is 0 Å². The molecule has 5 nitrogen and oxygen atoms in total. The highest BCUT2D eigenvalue weighted by Gasteiger charge is 2.41. The summed E-state index contributed by atoms with van der Waals surface area (Å²) in [6, 6.07) is 13.0. The largest absolute Gasteiger partial charge is 0.368 e. The van der Waals surface area contributed by atoms with Gasteiger partial charge >= 0.3 is 0 Å². The molecule has 1 aromatic heterocycles. The molecule has 2 aromatic rings. The topological polar surface area (TPSA) is 81.1 Å². The van der Waals surface area contributed by atoms with Gasteiger partial charge in [0.25, 0.3) is 0 Å². The third-order valence-electron chi connectivity index (χ3n) is 4.70. The van der Waals surface area contributed by atoms with Gasteiger partial charge in [0.2, 0.25) is 5.95 Å². The van der Waals surface area contributed by atoms with Gasteiger partial charge in [0, 0.05) is 31.1 Å². The molecule has 2 heterocycles. The first-order chi connectivity index (χ1) is 10.7. The summed E-state index contributed by atoms with van der Waals surface area (Å²) in [5, 5.41) is 0. The smallest absolute Gasteiger partial charge is 0.222 e. The van der Waals surface area contributed by atoms with Crippen molar-refractivity contribution in [3.05, 3.63) is 47.7 Å². The zero-order chi connectivity index (χ0) is 15.1. The number of nitrogens with zero attached hydrogens (tertiary/aromatic N) is 3. The van der Waals surface area contributed by atoms with Crippen molar-refractivity contribution in [2.24, 2.45) is 5.73 Å². The van der Waals surface area contributed by atoms with Crippen molar-refractivity contribution in [1.82, 2.24) is 9.97 Å². The summed E-state index contributed by atoms with van der Waals surface area (Å²) >= 11 is 0. The number of nitrogens with two attached hydrogens (primary N) is 2. The number of rotatable bonds is 3. The first-order valence-corrected chi connectivity index (χ1v) is 7.90. The van der Waals surface area contributed by atoms with Gasteiger partial charge in [-0.25, -0.2) is 4.98 Å². The van der Waals surface area contributed by atoms with E-state index in [1.165, 1.54) is 5.56 Å². The average molecular weight is 295 g/mol. The lowest BCUT2D eigenvalue weighted by molar-refractivity contribution is 0.751. The molecule has 0 bridgehead atoms. The molecular weight excluding hydrogens is 274 g/mol. The van der Waals surface area contributed by atoms with Crippen LogP contribution in [0.2, 0.25) is 0 Å². The Kier molecular flexibility index (Phi) is 3.22. The molecule has 1 saturated heterocycles. The number of hydrogen-bond donors (Lipinski definition) is 2. The molecule has 1 aliphatic carbocycles. The summed E-state index contributed by atoms with van der Waals surface area (Å²) in [4.78, 5) is 11.1. The van der Waals surface area contributed by atoms with Crippen LogP contribution in [0, 0.1) is 0 Å². The molecule has 1 saturated carbocycles. The van der Waals surface area contributed by atoms with Crippen molar-refractivity contribution in [1.29, 1.82) is 0 Å². The van der Waals surface area contributed by atoms with E-state index < -0.39 is 0 Å². The van der Waals surface area contributed by atoms with E-state index in [1.807, 2.05) is 0 Å². The molecule has 5 heteroatoms. The molecular formula is C17H21N5. The lowest BCUT2D eigenvalue weighted by Crippen LogP contribution is -2.27. The second kappa shape index (κ2) is 5.25. The molecule has 3 atom stereocenters. The minimum atomic E-state index is 0.234. The van der Waals surface area contributed by atoms with E-state index in [4.69, 9.17) is 11.5 Å². The molecule has 4 rings (SSSR count). The highest BCUT2D eigenvalue weighted by molar-refractivity contribution is 5.47. The van der Waals surface area contributed by atoms with Gasteiger partial charge in [-0.15, -0.1) is 0 Å². The Morgan fingerprint density at radius 2 is 1.91 bits per heavy atom. The van der Waals surface area contributed by atoms with Gasteiger partial charge in [0.1, 0.15) is 5.82 Å². The molecule has 2 fully saturated rings. The summed E-state index contributed by atoms with van der Waals surface area (Å²) in [7, 11) is 0. The van der Waals surface area contributed by atoms with E-state index >= 15 is 0 Å². The zero-order valence-corrected chi connectivity index (χ0v) is 12.5. The molecule has 0 radical (unpaired) electrons. The lowest BCUT2D eigenvalue weighted by Gasteiger charge is -2.17. The van der Waals surface area contributed by atoms with E-state index in [0.717, 1.165) is 37.4 Å². The predicted octanol–water partition coefficient (Wildman–Crippen LogP) is 1.87. The van der Waals surface area contributed by atoms with Crippen LogP contribution in [-0.4, -0.2) is 29.1 Å². The van der Waals surface area contributed by atoms with Crippen molar-refractivity contribution in [2.45, 2.75) is 30.7 Å². The molecule has 1 aliphatic heterocycles. The Morgan fingerprint density at radius 1 is 1.09 bits per heavy atom. The molecule has 2 aliphatic rings. The summed E-state index contributed by atoms with van der Waals surface area (Å²) in [5.74, 6) is 2.31. The van der Waals surface area contributed by atoms with E-state index in [0.29, 0.717) is 17.8 Å². The molecule has 22 heavy (non-hydrogen) atoms. The normalized spacial score (nSPS) is 27.1. The second-order valence-electron chi connectivity index (χ2n) is 6.36. The standard InChI is InChI=1S/C17H21N5/c18-12-6-7-22(10-12)16-9-15(20-17(19)21-16)14-8-13(14)11-4-2-1-3-5-11/h1-5,9,12-14H,6-8,10,18H2,(H2,19,20,21)/t12-,13?,14?/m1/s1. The Labute approximate surface area is 130 Å². The van der Waals surface area contributed by atoms with Crippen LogP contribution in [0.15, 0.2) is 36.4 Å². The van der Waals surface area contributed by atoms with E-state index in [9.17, 15) is 0 Å². The summed E-state index contributed by atoms with van der Waals surface area (Å²) in [6.07, 6.45) is 2.15. The predicted molar refractivity (Wildman–Crippen MR) is 87.8 cm³/mol. The summed E-state index contributed by atoms with van der Waals surface area (Å²) in [5.41, 5.74) is 14.4. The van der Waals surface area contributed by atoms with Crippen molar-refractivity contribution in [2.75, 3.05) is 23.7 Å². The van der Waals surface area contributed by atoms with Crippen LogP contribution in [0.1, 0.15) is 35.9 Å². The SMILES string of the molecule is Nc1nc(C2CC2c2ccccc2)cc(N2CC[C@@H](N)C2)n1. The molecule has 114 valence electrons. The maximum atomic E-state index is 5.99. The monoisotopic (exact) mass is 295 g/mol. The fraction of sp³-hybridized carbons (Fsp3) is 0.412. The quantitative estimate of drug-likeness (QED) is 0.903. The van der Waals surface area contributed by atoms with Crippen molar-refractivity contribution >= 4 is 11.8 Å². The van der Waals surface area contributed by atoms with Gasteiger partial charge in [0.05, 0.1) is 5.69 Å². The number of nitrogen functional groups attached to an aromatic ring is 1. The number of hydrogen-bond acceptors (Lipinski definition) is 5. The lowest BCUT2D eigenvalue weighted by atomic mass is 10.1. The van der Waals surface area contributed by atoms with Gasteiger partial charge in [0.15, 0.2) is 0 Å². The van der Waals surface area contributed by atoms with Gasteiger partial charge in [-0.1, -0.05) is 30.3 Å². The maximum Gasteiger partial charge on any atom is 0.222 e. The molecule has 0 amide bonds. The third-order valence-corrected chi connectivity index (χ3v) is 4.70. The van der Waals surface area contributed by atoms with E-state index in [-0.39, 0.29) is 6.04 Å². The van der Waals surface area contributed by atoms with Gasteiger partial charge in [-0.05, 0) is 24.3 Å². The van der Waals surface area contributed by atoms with Crippen molar-refractivity contribution < 1.29 is 0 Å². The first kappa shape index (κ1) is 13.5. The van der Waals surface area contributed by atoms with Crippen LogP contribution in [-0.2, 0) is 0 Å². The molecule has 0 spiro atoms. The minimum Gasteiger partial charge on any atom is -0.368 e. The van der Waals surface area contributed by atoms with Gasteiger partial charge < -0.3 is 16.4 Å². The van der Waals surface area contributed by atoms with Gasteiger partial charge in [-0.3, -0.25) is 0 Å². The summed E-state index contributed by atoms with van der Waals surface area (Å²) < 4.78 is 0. The van der Waals surface area contributed by atoms with Crippen LogP contribution in [0.5, 0.6) is 0 Å². The molecule has 2 unspecified atom stereocenters. The van der Waals surface area contributed by atoms with Crippen molar-refractivity contribution in [3.8, 4) is 0 Å². The number of anilines is 2. The summed E-state index contributed by atoms with van der Waals surface area (Å²) in [6.45, 7) is 1.80. The second-order valence-corrected chi connectivity index (χ2v) is 6.36. The fourth-order valence-corrected chi connectivity index (χ4v) is 3.41. The zero-order valence-electron chi connectivity index (χ0n) is 12.5. The van der Waals surface area contributed by atoms with Gasteiger partial charge in [-0.2, -0.15) is 4.98 Å². The fourth-order valence-electron chi connectivity index (χ4n) is 3.41. The van der Waals surface area contributed by atoms with Crippen LogP contribution < -0.4 is 16.4 Å². The number of aromatic nitrogens is 2. The Morgan fingerprint density at radius 3 is 2.64 bits per heavy atom. The van der Waals surface area contributed by atoms with Crippen LogP contribution in [0.25, 0.3) is 0 Å². The van der Waals surface area contributed by atoms with Crippen LogP contribution in [0.3, 0.4) is 0 Å². The Balaban J connectivity index is 1.57. The third kappa shape index (κ3) is 2.52.